The van der Waals surface area contributed by atoms with Gasteiger partial charge in [0.1, 0.15) is 5.75 Å². The lowest BCUT2D eigenvalue weighted by Gasteiger charge is -2.19. The molecule has 5 heteroatoms. The van der Waals surface area contributed by atoms with Crippen molar-refractivity contribution >= 4 is 17.7 Å². The summed E-state index contributed by atoms with van der Waals surface area (Å²) in [7, 11) is 5.10. The molecule has 1 N–H and O–H groups in total. The van der Waals surface area contributed by atoms with E-state index in [0.29, 0.717) is 17.7 Å². The Morgan fingerprint density at radius 2 is 2.25 bits per heavy atom. The summed E-state index contributed by atoms with van der Waals surface area (Å²) in [6.07, 6.45) is 1.49. The summed E-state index contributed by atoms with van der Waals surface area (Å²) in [5.74, 6) is 1.54. The van der Waals surface area contributed by atoms with E-state index < -0.39 is 0 Å². The third kappa shape index (κ3) is 3.27. The van der Waals surface area contributed by atoms with Gasteiger partial charge in [0.05, 0.1) is 20.6 Å². The van der Waals surface area contributed by atoms with Crippen molar-refractivity contribution in [2.45, 2.75) is 24.1 Å². The van der Waals surface area contributed by atoms with Crippen LogP contribution >= 0.6 is 11.8 Å². The van der Waals surface area contributed by atoms with Crippen LogP contribution in [0.2, 0.25) is 0 Å². The summed E-state index contributed by atoms with van der Waals surface area (Å²) in [6, 6.07) is 6.56. The second-order valence-corrected chi connectivity index (χ2v) is 6.12. The lowest BCUT2D eigenvalue weighted by Crippen LogP contribution is -2.24. The molecular weight excluding hydrogens is 274 g/mol. The van der Waals surface area contributed by atoms with E-state index in [-0.39, 0.29) is 5.97 Å². The maximum Gasteiger partial charge on any atom is 0.306 e. The first-order valence-corrected chi connectivity index (χ1v) is 7.77. The Balaban J connectivity index is 2.01. The van der Waals surface area contributed by atoms with Gasteiger partial charge in [0.2, 0.25) is 0 Å². The molecule has 2 atom stereocenters. The summed E-state index contributed by atoms with van der Waals surface area (Å²) in [5, 5.41) is 3.83. The van der Waals surface area contributed by atoms with E-state index in [1.54, 1.807) is 7.11 Å². The number of rotatable bonds is 6. The molecule has 0 heterocycles. The SMILES string of the molecule is CNC1c2cc(OC)ccc2CC1SCCC(=O)OC. The molecule has 0 saturated heterocycles. The predicted octanol–water partition coefficient (Wildman–Crippen LogP) is 2.18. The van der Waals surface area contributed by atoms with E-state index >= 15 is 0 Å². The third-order valence-electron chi connectivity index (χ3n) is 3.66. The molecule has 0 fully saturated rings. The minimum atomic E-state index is -0.143. The quantitative estimate of drug-likeness (QED) is 0.815. The minimum Gasteiger partial charge on any atom is -0.497 e. The smallest absolute Gasteiger partial charge is 0.306 e. The molecular formula is C15H21NO3S. The van der Waals surface area contributed by atoms with Crippen LogP contribution in [0, 0.1) is 0 Å². The van der Waals surface area contributed by atoms with Crippen LogP contribution in [0.3, 0.4) is 0 Å². The fourth-order valence-corrected chi connectivity index (χ4v) is 3.96. The zero-order chi connectivity index (χ0) is 14.5. The number of carbonyl (C=O) groups is 1. The molecule has 1 aromatic carbocycles. The van der Waals surface area contributed by atoms with E-state index in [1.165, 1.54) is 18.2 Å². The second kappa shape index (κ2) is 6.99. The highest BCUT2D eigenvalue weighted by atomic mass is 32.2. The van der Waals surface area contributed by atoms with Gasteiger partial charge in [-0.05, 0) is 36.7 Å². The first-order chi connectivity index (χ1) is 9.69. The topological polar surface area (TPSA) is 47.6 Å². The molecule has 2 unspecified atom stereocenters. The van der Waals surface area contributed by atoms with Crippen LogP contribution in [0.15, 0.2) is 18.2 Å². The Bertz CT molecular complexity index is 478. The van der Waals surface area contributed by atoms with Crippen molar-refractivity contribution < 1.29 is 14.3 Å². The molecule has 2 rings (SSSR count). The monoisotopic (exact) mass is 295 g/mol. The molecule has 0 aromatic heterocycles. The lowest BCUT2D eigenvalue weighted by molar-refractivity contribution is -0.140. The fraction of sp³-hybridized carbons (Fsp3) is 0.533. The number of benzene rings is 1. The molecule has 0 saturated carbocycles. The van der Waals surface area contributed by atoms with E-state index in [4.69, 9.17) is 4.74 Å². The Morgan fingerprint density at radius 1 is 1.45 bits per heavy atom. The maximum atomic E-state index is 11.2. The fourth-order valence-electron chi connectivity index (χ4n) is 2.60. The maximum absolute atomic E-state index is 11.2. The molecule has 1 aromatic rings. The Hall–Kier alpha value is -1.20. The highest BCUT2D eigenvalue weighted by Crippen LogP contribution is 2.40. The summed E-state index contributed by atoms with van der Waals surface area (Å²) in [4.78, 5) is 11.2. The number of esters is 1. The summed E-state index contributed by atoms with van der Waals surface area (Å²) < 4.78 is 9.97. The number of ether oxygens (including phenoxy) is 2. The molecule has 0 amide bonds. The van der Waals surface area contributed by atoms with E-state index in [0.717, 1.165) is 17.9 Å². The van der Waals surface area contributed by atoms with Gasteiger partial charge in [0.15, 0.2) is 0 Å². The van der Waals surface area contributed by atoms with Gasteiger partial charge in [-0.2, -0.15) is 11.8 Å². The number of methoxy groups -OCH3 is 2. The van der Waals surface area contributed by atoms with Gasteiger partial charge < -0.3 is 14.8 Å². The first kappa shape index (κ1) is 15.2. The predicted molar refractivity (Wildman–Crippen MR) is 81.4 cm³/mol. The zero-order valence-electron chi connectivity index (χ0n) is 12.1. The third-order valence-corrected chi connectivity index (χ3v) is 4.96. The number of nitrogens with one attached hydrogen (secondary N) is 1. The number of fused-ring (bicyclic) bond motifs is 1. The average Bonchev–Trinajstić information content (AvgIpc) is 2.83. The van der Waals surface area contributed by atoms with Crippen molar-refractivity contribution in [2.24, 2.45) is 0 Å². The number of thioether (sulfide) groups is 1. The van der Waals surface area contributed by atoms with Crippen LogP contribution in [0.1, 0.15) is 23.6 Å². The van der Waals surface area contributed by atoms with Crippen LogP contribution in [0.25, 0.3) is 0 Å². The largest absolute Gasteiger partial charge is 0.497 e. The van der Waals surface area contributed by atoms with Gasteiger partial charge in [-0.15, -0.1) is 0 Å². The molecule has 0 radical (unpaired) electrons. The lowest BCUT2D eigenvalue weighted by atomic mass is 10.1. The van der Waals surface area contributed by atoms with Crippen molar-refractivity contribution in [3.8, 4) is 5.75 Å². The van der Waals surface area contributed by atoms with Crippen LogP contribution in [-0.4, -0.2) is 38.2 Å². The highest BCUT2D eigenvalue weighted by Gasteiger charge is 2.32. The Labute approximate surface area is 124 Å². The van der Waals surface area contributed by atoms with Crippen molar-refractivity contribution in [3.63, 3.8) is 0 Å². The first-order valence-electron chi connectivity index (χ1n) is 6.72. The molecule has 0 aliphatic heterocycles. The molecule has 20 heavy (non-hydrogen) atoms. The van der Waals surface area contributed by atoms with Gasteiger partial charge >= 0.3 is 5.97 Å². The standard InChI is InChI=1S/C15H21NO3S/c1-16-15-12-9-11(18-2)5-4-10(12)8-13(15)20-7-6-14(17)19-3/h4-5,9,13,15-16H,6-8H2,1-3H3. The van der Waals surface area contributed by atoms with Crippen LogP contribution in [-0.2, 0) is 16.0 Å². The van der Waals surface area contributed by atoms with Crippen LogP contribution in [0.4, 0.5) is 0 Å². The Kier molecular flexibility index (Phi) is 5.31. The molecule has 0 spiro atoms. The van der Waals surface area contributed by atoms with E-state index in [9.17, 15) is 4.79 Å². The second-order valence-electron chi connectivity index (χ2n) is 4.77. The van der Waals surface area contributed by atoms with E-state index in [1.807, 2.05) is 24.9 Å². The summed E-state index contributed by atoms with van der Waals surface area (Å²) in [6.45, 7) is 0. The minimum absolute atomic E-state index is 0.143. The van der Waals surface area contributed by atoms with Crippen LogP contribution in [0.5, 0.6) is 5.75 Å². The van der Waals surface area contributed by atoms with Gasteiger partial charge in [-0.1, -0.05) is 6.07 Å². The highest BCUT2D eigenvalue weighted by molar-refractivity contribution is 8.00. The number of hydrogen-bond acceptors (Lipinski definition) is 5. The van der Waals surface area contributed by atoms with Crippen LogP contribution < -0.4 is 10.1 Å². The van der Waals surface area contributed by atoms with Gasteiger partial charge in [-0.3, -0.25) is 4.79 Å². The summed E-state index contributed by atoms with van der Waals surface area (Å²) in [5.41, 5.74) is 2.67. The normalized spacial score (nSPS) is 20.6. The average molecular weight is 295 g/mol. The molecule has 0 bridgehead atoms. The number of hydrogen-bond donors (Lipinski definition) is 1. The van der Waals surface area contributed by atoms with Crippen molar-refractivity contribution in [3.05, 3.63) is 29.3 Å². The van der Waals surface area contributed by atoms with Crippen molar-refractivity contribution in [2.75, 3.05) is 27.0 Å². The molecule has 1 aliphatic rings. The van der Waals surface area contributed by atoms with Gasteiger partial charge in [0, 0.05) is 17.0 Å². The number of carbonyl (C=O) groups excluding carboxylic acids is 1. The van der Waals surface area contributed by atoms with Crippen molar-refractivity contribution in [1.82, 2.24) is 5.32 Å². The molecule has 4 nitrogen and oxygen atoms in total. The molecule has 110 valence electrons. The summed E-state index contributed by atoms with van der Waals surface area (Å²) >= 11 is 1.83. The van der Waals surface area contributed by atoms with Crippen molar-refractivity contribution in [1.29, 1.82) is 0 Å². The zero-order valence-corrected chi connectivity index (χ0v) is 13.0. The Morgan fingerprint density at radius 3 is 2.90 bits per heavy atom. The van der Waals surface area contributed by atoms with Gasteiger partial charge in [-0.25, -0.2) is 0 Å². The molecule has 1 aliphatic carbocycles. The van der Waals surface area contributed by atoms with Gasteiger partial charge in [0.25, 0.3) is 0 Å². The van der Waals surface area contributed by atoms with E-state index in [2.05, 4.69) is 22.2 Å².